The number of methoxy groups -OCH3 is 1. The number of thiophene rings is 2. The number of hydrogen-bond acceptors (Lipinski definition) is 8. The zero-order valence-electron chi connectivity index (χ0n) is 17.6. The Kier molecular flexibility index (Phi) is 5.58. The lowest BCUT2D eigenvalue weighted by atomic mass is 10.2. The molecule has 0 saturated heterocycles. The molecular weight excluding hydrogens is 462 g/mol. The number of aromatic amines is 1. The normalized spacial score (nSPS) is 11.3. The van der Waals surface area contributed by atoms with Gasteiger partial charge in [-0.1, -0.05) is 30.0 Å². The average molecular weight is 482 g/mol. The highest BCUT2D eigenvalue weighted by molar-refractivity contribution is 7.98. The molecule has 162 valence electrons. The number of ether oxygens (including phenoxy) is 1. The summed E-state index contributed by atoms with van der Waals surface area (Å²) < 4.78 is 7.59. The van der Waals surface area contributed by atoms with Gasteiger partial charge in [-0.3, -0.25) is 9.36 Å². The molecule has 0 spiro atoms. The minimum Gasteiger partial charge on any atom is -0.495 e. The third-order valence-electron chi connectivity index (χ3n) is 5.13. The summed E-state index contributed by atoms with van der Waals surface area (Å²) in [7, 11) is 1.65. The number of H-pyrrole nitrogens is 1. The Morgan fingerprint density at radius 2 is 2.00 bits per heavy atom. The van der Waals surface area contributed by atoms with Crippen LogP contribution in [0.15, 0.2) is 51.7 Å². The molecule has 0 amide bonds. The van der Waals surface area contributed by atoms with Crippen LogP contribution in [0.2, 0.25) is 0 Å². The number of rotatable bonds is 6. The van der Waals surface area contributed by atoms with Gasteiger partial charge in [0.25, 0.3) is 5.56 Å². The molecule has 0 atom stereocenters. The monoisotopic (exact) mass is 481 g/mol. The summed E-state index contributed by atoms with van der Waals surface area (Å²) in [5.41, 5.74) is 1.75. The van der Waals surface area contributed by atoms with E-state index in [1.54, 1.807) is 29.8 Å². The largest absolute Gasteiger partial charge is 0.495 e. The highest BCUT2D eigenvalue weighted by Crippen LogP contribution is 2.35. The lowest BCUT2D eigenvalue weighted by Crippen LogP contribution is -2.11. The summed E-state index contributed by atoms with van der Waals surface area (Å²) in [4.78, 5) is 23.1. The molecular formula is C22H19N5O2S3. The van der Waals surface area contributed by atoms with Crippen LogP contribution in [-0.2, 0) is 5.75 Å². The van der Waals surface area contributed by atoms with Crippen LogP contribution in [0.3, 0.4) is 0 Å². The Morgan fingerprint density at radius 3 is 2.78 bits per heavy atom. The predicted molar refractivity (Wildman–Crippen MR) is 130 cm³/mol. The van der Waals surface area contributed by atoms with Gasteiger partial charge in [0.1, 0.15) is 16.4 Å². The van der Waals surface area contributed by atoms with Gasteiger partial charge >= 0.3 is 0 Å². The van der Waals surface area contributed by atoms with Crippen molar-refractivity contribution in [1.29, 1.82) is 0 Å². The second kappa shape index (κ2) is 8.53. The van der Waals surface area contributed by atoms with E-state index in [1.807, 2.05) is 60.2 Å². The molecule has 0 saturated carbocycles. The van der Waals surface area contributed by atoms with Crippen LogP contribution in [0.4, 0.5) is 0 Å². The zero-order chi connectivity index (χ0) is 22.2. The van der Waals surface area contributed by atoms with Crippen molar-refractivity contribution in [3.63, 3.8) is 0 Å². The molecule has 4 heterocycles. The highest BCUT2D eigenvalue weighted by atomic mass is 32.2. The third-order valence-corrected chi connectivity index (χ3v) is 8.03. The summed E-state index contributed by atoms with van der Waals surface area (Å²) in [5, 5.41) is 12.3. The zero-order valence-corrected chi connectivity index (χ0v) is 20.0. The maximum Gasteiger partial charge on any atom is 0.259 e. The molecule has 0 fully saturated rings. The first kappa shape index (κ1) is 20.9. The SMILES string of the molecule is COc1ccccc1-n1c(SCc2nc3sc(C)c(C)c3c(=O)[nH]2)nnc1-c1cccs1. The quantitative estimate of drug-likeness (QED) is 0.335. The highest BCUT2D eigenvalue weighted by Gasteiger charge is 2.20. The number of hydrogen-bond donors (Lipinski definition) is 1. The molecule has 5 aromatic rings. The first-order chi connectivity index (χ1) is 15.6. The van der Waals surface area contributed by atoms with E-state index in [-0.39, 0.29) is 5.56 Å². The van der Waals surface area contributed by atoms with E-state index in [0.29, 0.717) is 22.1 Å². The molecule has 0 aliphatic rings. The van der Waals surface area contributed by atoms with Gasteiger partial charge in [0.05, 0.1) is 28.8 Å². The molecule has 0 aliphatic heterocycles. The summed E-state index contributed by atoms with van der Waals surface area (Å²) in [6.07, 6.45) is 0. The number of fused-ring (bicyclic) bond motifs is 1. The fraction of sp³-hybridized carbons (Fsp3) is 0.182. The van der Waals surface area contributed by atoms with Gasteiger partial charge in [-0.2, -0.15) is 0 Å². The summed E-state index contributed by atoms with van der Waals surface area (Å²) in [5.74, 6) is 2.54. The van der Waals surface area contributed by atoms with Gasteiger partial charge < -0.3 is 9.72 Å². The van der Waals surface area contributed by atoms with Gasteiger partial charge in [0.15, 0.2) is 11.0 Å². The first-order valence-electron chi connectivity index (χ1n) is 9.81. The van der Waals surface area contributed by atoms with Crippen molar-refractivity contribution in [3.8, 4) is 22.1 Å². The van der Waals surface area contributed by atoms with Crippen molar-refractivity contribution in [1.82, 2.24) is 24.7 Å². The molecule has 32 heavy (non-hydrogen) atoms. The topological polar surface area (TPSA) is 85.7 Å². The Labute approximate surface area is 196 Å². The lowest BCUT2D eigenvalue weighted by Gasteiger charge is -2.13. The first-order valence-corrected chi connectivity index (χ1v) is 12.5. The van der Waals surface area contributed by atoms with Gasteiger partial charge in [-0.05, 0) is 43.0 Å². The van der Waals surface area contributed by atoms with Crippen LogP contribution in [-0.4, -0.2) is 31.8 Å². The van der Waals surface area contributed by atoms with Crippen LogP contribution in [0, 0.1) is 13.8 Å². The Balaban J connectivity index is 1.55. The molecule has 1 N–H and O–H groups in total. The second-order valence-corrected chi connectivity index (χ2v) is 10.1. The van der Waals surface area contributed by atoms with Gasteiger partial charge in [0, 0.05) is 4.88 Å². The fourth-order valence-corrected chi connectivity index (χ4v) is 6.02. The molecule has 5 rings (SSSR count). The van der Waals surface area contributed by atoms with Gasteiger partial charge in [0.2, 0.25) is 0 Å². The van der Waals surface area contributed by atoms with E-state index in [4.69, 9.17) is 4.74 Å². The van der Waals surface area contributed by atoms with Crippen LogP contribution in [0.25, 0.3) is 26.6 Å². The van der Waals surface area contributed by atoms with Crippen molar-refractivity contribution in [2.75, 3.05) is 7.11 Å². The average Bonchev–Trinajstić information content (AvgIpc) is 3.52. The molecule has 7 nitrogen and oxygen atoms in total. The van der Waals surface area contributed by atoms with E-state index in [2.05, 4.69) is 20.2 Å². The molecule has 0 radical (unpaired) electrons. The number of aromatic nitrogens is 5. The summed E-state index contributed by atoms with van der Waals surface area (Å²) in [6.45, 7) is 3.97. The van der Waals surface area contributed by atoms with Crippen molar-refractivity contribution >= 4 is 44.7 Å². The fourth-order valence-electron chi connectivity index (χ4n) is 3.46. The number of benzene rings is 1. The van der Waals surface area contributed by atoms with Crippen molar-refractivity contribution in [2.45, 2.75) is 24.8 Å². The van der Waals surface area contributed by atoms with Gasteiger partial charge in [-0.15, -0.1) is 32.9 Å². The molecule has 4 aromatic heterocycles. The predicted octanol–water partition coefficient (Wildman–Crippen LogP) is 5.21. The Bertz CT molecular complexity index is 1470. The van der Waals surface area contributed by atoms with Crippen LogP contribution in [0.1, 0.15) is 16.3 Å². The summed E-state index contributed by atoms with van der Waals surface area (Å²) in [6, 6.07) is 11.8. The smallest absolute Gasteiger partial charge is 0.259 e. The number of para-hydroxylation sites is 2. The molecule has 0 aliphatic carbocycles. The van der Waals surface area contributed by atoms with E-state index in [1.165, 1.54) is 11.8 Å². The number of aryl methyl sites for hydroxylation is 2. The minimum atomic E-state index is -0.0991. The lowest BCUT2D eigenvalue weighted by molar-refractivity contribution is 0.412. The standard InChI is InChI=1S/C22H19N5O2S3/c1-12-13(2)32-21-18(12)20(28)23-17(24-21)11-31-22-26-25-19(16-9-6-10-30-16)27(22)14-7-4-5-8-15(14)29-3/h4-10H,11H2,1-3H3,(H,23,24,28). The van der Waals surface area contributed by atoms with Crippen molar-refractivity contribution < 1.29 is 4.74 Å². The van der Waals surface area contributed by atoms with Crippen LogP contribution < -0.4 is 10.3 Å². The Morgan fingerprint density at radius 1 is 1.16 bits per heavy atom. The molecule has 0 unspecified atom stereocenters. The third kappa shape index (κ3) is 3.64. The minimum absolute atomic E-state index is 0.0991. The van der Waals surface area contributed by atoms with E-state index in [9.17, 15) is 4.79 Å². The van der Waals surface area contributed by atoms with Gasteiger partial charge in [-0.25, -0.2) is 4.98 Å². The van der Waals surface area contributed by atoms with Crippen LogP contribution in [0.5, 0.6) is 5.75 Å². The van der Waals surface area contributed by atoms with E-state index >= 15 is 0 Å². The van der Waals surface area contributed by atoms with E-state index in [0.717, 1.165) is 37.4 Å². The van der Waals surface area contributed by atoms with Crippen molar-refractivity contribution in [3.05, 3.63) is 68.4 Å². The number of nitrogens with zero attached hydrogens (tertiary/aromatic N) is 4. The van der Waals surface area contributed by atoms with Crippen LogP contribution >= 0.6 is 34.4 Å². The second-order valence-electron chi connectivity index (χ2n) is 7.06. The van der Waals surface area contributed by atoms with Crippen molar-refractivity contribution in [2.24, 2.45) is 0 Å². The summed E-state index contributed by atoms with van der Waals surface area (Å²) >= 11 is 4.62. The molecule has 10 heteroatoms. The molecule has 1 aromatic carbocycles. The number of nitrogens with one attached hydrogen (secondary N) is 1. The molecule has 0 bridgehead atoms. The van der Waals surface area contributed by atoms with E-state index < -0.39 is 0 Å². The maximum absolute atomic E-state index is 12.6. The maximum atomic E-state index is 12.6. The number of thioether (sulfide) groups is 1. The Hall–Kier alpha value is -2.95.